The Balaban J connectivity index is 2.00. The zero-order valence-corrected chi connectivity index (χ0v) is 11.6. The Kier molecular flexibility index (Phi) is 4.58. The molecule has 0 aliphatic carbocycles. The lowest BCUT2D eigenvalue weighted by atomic mass is 10.3. The van der Waals surface area contributed by atoms with E-state index in [4.69, 9.17) is 15.2 Å². The van der Waals surface area contributed by atoms with Crippen LogP contribution in [0.2, 0.25) is 0 Å². The van der Waals surface area contributed by atoms with Gasteiger partial charge < -0.3 is 19.8 Å². The average Bonchev–Trinajstić information content (AvgIpc) is 2.80. The first-order valence-corrected chi connectivity index (χ1v) is 7.55. The van der Waals surface area contributed by atoms with Crippen LogP contribution < -0.4 is 10.5 Å². The van der Waals surface area contributed by atoms with Crippen LogP contribution in [0.25, 0.3) is 0 Å². The maximum absolute atomic E-state index is 12.1. The SMILES string of the molecule is Cn1cc(S(=O)(=O)NCC2COCCO2)cc1CN. The van der Waals surface area contributed by atoms with Gasteiger partial charge in [-0.2, -0.15) is 0 Å². The molecule has 1 aromatic heterocycles. The van der Waals surface area contributed by atoms with Crippen molar-refractivity contribution in [3.63, 3.8) is 0 Å². The lowest BCUT2D eigenvalue weighted by Crippen LogP contribution is -2.39. The number of aromatic nitrogens is 1. The molecular formula is C11H19N3O4S. The molecule has 0 spiro atoms. The molecular weight excluding hydrogens is 270 g/mol. The highest BCUT2D eigenvalue weighted by atomic mass is 32.2. The predicted molar refractivity (Wildman–Crippen MR) is 69.1 cm³/mol. The van der Waals surface area contributed by atoms with Gasteiger partial charge >= 0.3 is 0 Å². The topological polar surface area (TPSA) is 95.6 Å². The summed E-state index contributed by atoms with van der Waals surface area (Å²) in [5, 5.41) is 0. The van der Waals surface area contributed by atoms with Crippen molar-refractivity contribution in [3.05, 3.63) is 18.0 Å². The minimum absolute atomic E-state index is 0.204. The van der Waals surface area contributed by atoms with E-state index in [1.165, 1.54) is 0 Å². The maximum atomic E-state index is 12.1. The first-order valence-electron chi connectivity index (χ1n) is 6.07. The zero-order chi connectivity index (χ0) is 13.9. The summed E-state index contributed by atoms with van der Waals surface area (Å²) in [6.07, 6.45) is 1.31. The second-order valence-electron chi connectivity index (χ2n) is 4.40. The third kappa shape index (κ3) is 3.54. The average molecular weight is 289 g/mol. The standard InChI is InChI=1S/C11H19N3O4S/c1-14-7-11(4-9(14)5-12)19(15,16)13-6-10-8-17-2-3-18-10/h4,7,10,13H,2-3,5-6,8,12H2,1H3. The zero-order valence-electron chi connectivity index (χ0n) is 10.8. The molecule has 19 heavy (non-hydrogen) atoms. The van der Waals surface area contributed by atoms with Crippen LogP contribution >= 0.6 is 0 Å². The monoisotopic (exact) mass is 289 g/mol. The second kappa shape index (κ2) is 6.02. The van der Waals surface area contributed by atoms with Crippen molar-refractivity contribution >= 4 is 10.0 Å². The highest BCUT2D eigenvalue weighted by molar-refractivity contribution is 7.89. The van der Waals surface area contributed by atoms with E-state index < -0.39 is 10.0 Å². The summed E-state index contributed by atoms with van der Waals surface area (Å²) < 4.78 is 39.0. The maximum Gasteiger partial charge on any atom is 0.242 e. The molecule has 1 aromatic rings. The Labute approximate surface area is 112 Å². The summed E-state index contributed by atoms with van der Waals surface area (Å²) in [6.45, 7) is 1.96. The molecule has 0 amide bonds. The van der Waals surface area contributed by atoms with Crippen LogP contribution in [0, 0.1) is 0 Å². The quantitative estimate of drug-likeness (QED) is 0.738. The van der Waals surface area contributed by atoms with E-state index >= 15 is 0 Å². The molecule has 3 N–H and O–H groups in total. The minimum Gasteiger partial charge on any atom is -0.376 e. The van der Waals surface area contributed by atoms with Crippen LogP contribution in [0.15, 0.2) is 17.2 Å². The summed E-state index contributed by atoms with van der Waals surface area (Å²) in [7, 11) is -1.77. The summed E-state index contributed by atoms with van der Waals surface area (Å²) in [5.41, 5.74) is 6.29. The number of hydrogen-bond acceptors (Lipinski definition) is 5. The van der Waals surface area contributed by atoms with Crippen LogP contribution in [0.1, 0.15) is 5.69 Å². The van der Waals surface area contributed by atoms with Crippen LogP contribution in [0.4, 0.5) is 0 Å². The third-order valence-corrected chi connectivity index (χ3v) is 4.38. The van der Waals surface area contributed by atoms with E-state index in [0.717, 1.165) is 5.69 Å². The fourth-order valence-electron chi connectivity index (χ4n) is 1.87. The molecule has 0 aromatic carbocycles. The molecule has 2 heterocycles. The highest BCUT2D eigenvalue weighted by Gasteiger charge is 2.21. The molecule has 1 unspecified atom stereocenters. The van der Waals surface area contributed by atoms with Crippen molar-refractivity contribution in [2.45, 2.75) is 17.5 Å². The minimum atomic E-state index is -3.53. The Hall–Kier alpha value is -0.930. The smallest absolute Gasteiger partial charge is 0.242 e. The predicted octanol–water partition coefficient (Wildman–Crippen LogP) is -0.822. The van der Waals surface area contributed by atoms with E-state index in [2.05, 4.69) is 4.72 Å². The lowest BCUT2D eigenvalue weighted by molar-refractivity contribution is -0.0846. The van der Waals surface area contributed by atoms with E-state index in [9.17, 15) is 8.42 Å². The number of aryl methyl sites for hydroxylation is 1. The fourth-order valence-corrected chi connectivity index (χ4v) is 3.03. The first kappa shape index (κ1) is 14.5. The van der Waals surface area contributed by atoms with Gasteiger partial charge in [0.25, 0.3) is 0 Å². The number of nitrogens with zero attached hydrogens (tertiary/aromatic N) is 1. The van der Waals surface area contributed by atoms with Gasteiger partial charge in [0, 0.05) is 32.0 Å². The Morgan fingerprint density at radius 1 is 1.53 bits per heavy atom. The van der Waals surface area contributed by atoms with Gasteiger partial charge in [-0.1, -0.05) is 0 Å². The highest BCUT2D eigenvalue weighted by Crippen LogP contribution is 2.13. The summed E-state index contributed by atoms with van der Waals surface area (Å²) >= 11 is 0. The number of ether oxygens (including phenoxy) is 2. The Morgan fingerprint density at radius 2 is 2.32 bits per heavy atom. The van der Waals surface area contributed by atoms with Gasteiger partial charge in [0.15, 0.2) is 0 Å². The molecule has 7 nitrogen and oxygen atoms in total. The number of nitrogens with one attached hydrogen (secondary N) is 1. The summed E-state index contributed by atoms with van der Waals surface area (Å²) in [6, 6.07) is 1.57. The van der Waals surface area contributed by atoms with Crippen LogP contribution in [0.3, 0.4) is 0 Å². The van der Waals surface area contributed by atoms with E-state index in [1.54, 1.807) is 23.9 Å². The van der Waals surface area contributed by atoms with E-state index in [1.807, 2.05) is 0 Å². The molecule has 0 saturated carbocycles. The molecule has 1 saturated heterocycles. The van der Waals surface area contributed by atoms with E-state index in [0.29, 0.717) is 26.4 Å². The van der Waals surface area contributed by atoms with Gasteiger partial charge in [-0.15, -0.1) is 0 Å². The van der Waals surface area contributed by atoms with Gasteiger partial charge in [0.1, 0.15) is 0 Å². The number of rotatable bonds is 5. The van der Waals surface area contributed by atoms with Gasteiger partial charge in [0.05, 0.1) is 30.8 Å². The first-order chi connectivity index (χ1) is 9.03. The Bertz CT molecular complexity index is 520. The van der Waals surface area contributed by atoms with Crippen molar-refractivity contribution in [2.24, 2.45) is 12.8 Å². The van der Waals surface area contributed by atoms with Gasteiger partial charge in [0.2, 0.25) is 10.0 Å². The van der Waals surface area contributed by atoms with Gasteiger partial charge in [-0.25, -0.2) is 13.1 Å². The Morgan fingerprint density at radius 3 is 2.89 bits per heavy atom. The van der Waals surface area contributed by atoms with Gasteiger partial charge in [-0.3, -0.25) is 0 Å². The largest absolute Gasteiger partial charge is 0.376 e. The fraction of sp³-hybridized carbons (Fsp3) is 0.636. The summed E-state index contributed by atoms with van der Waals surface area (Å²) in [5.74, 6) is 0. The van der Waals surface area contributed by atoms with Crippen molar-refractivity contribution < 1.29 is 17.9 Å². The molecule has 1 atom stereocenters. The number of hydrogen-bond donors (Lipinski definition) is 2. The van der Waals surface area contributed by atoms with Crippen molar-refractivity contribution in [1.29, 1.82) is 0 Å². The van der Waals surface area contributed by atoms with Crippen LogP contribution in [-0.2, 0) is 33.1 Å². The van der Waals surface area contributed by atoms with Crippen molar-refractivity contribution in [2.75, 3.05) is 26.4 Å². The third-order valence-electron chi connectivity index (χ3n) is 2.99. The lowest BCUT2D eigenvalue weighted by Gasteiger charge is -2.22. The van der Waals surface area contributed by atoms with Crippen molar-refractivity contribution in [3.8, 4) is 0 Å². The molecule has 1 fully saturated rings. The number of sulfonamides is 1. The van der Waals surface area contributed by atoms with Crippen LogP contribution in [0.5, 0.6) is 0 Å². The second-order valence-corrected chi connectivity index (χ2v) is 6.17. The molecule has 1 aliphatic rings. The molecule has 108 valence electrons. The molecule has 8 heteroatoms. The van der Waals surface area contributed by atoms with Crippen LogP contribution in [-0.4, -0.2) is 45.5 Å². The normalized spacial score (nSPS) is 20.6. The molecule has 2 rings (SSSR count). The molecule has 0 radical (unpaired) electrons. The summed E-state index contributed by atoms with van der Waals surface area (Å²) in [4.78, 5) is 0.215. The van der Waals surface area contributed by atoms with Gasteiger partial charge in [-0.05, 0) is 6.07 Å². The molecule has 0 bridgehead atoms. The van der Waals surface area contributed by atoms with E-state index in [-0.39, 0.29) is 17.5 Å². The molecule has 1 aliphatic heterocycles. The number of nitrogens with two attached hydrogens (primary N) is 1. The van der Waals surface area contributed by atoms with Crippen molar-refractivity contribution in [1.82, 2.24) is 9.29 Å².